The van der Waals surface area contributed by atoms with Crippen LogP contribution in [-0.2, 0) is 4.74 Å². The third-order valence-corrected chi connectivity index (χ3v) is 3.45. The molecule has 0 bridgehead atoms. The molecule has 1 heterocycles. The molecule has 0 amide bonds. The van der Waals surface area contributed by atoms with Crippen LogP contribution in [0.15, 0.2) is 29.3 Å². The van der Waals surface area contributed by atoms with E-state index in [4.69, 9.17) is 15.2 Å². The maximum atomic E-state index is 6.04. The second kappa shape index (κ2) is 5.93. The third kappa shape index (κ3) is 2.66. The average molecular weight is 263 g/mol. The number of nitrogens with two attached hydrogens (primary N) is 1. The molecule has 1 aromatic carbocycles. The Morgan fingerprint density at radius 1 is 1.42 bits per heavy atom. The average Bonchev–Trinajstić information content (AvgIpc) is 2.81. The standard InChI is InChI=1S/C14H21N3O2/c1-10(9-18-2)12-8-16-14(15)17(12)11-6-4-5-7-13(11)19-3/h4-7,10,12H,8-9H2,1-3H3,(H2,15,16). The molecular formula is C14H21N3O2. The van der Waals surface area contributed by atoms with Gasteiger partial charge in [0, 0.05) is 13.0 Å². The van der Waals surface area contributed by atoms with Gasteiger partial charge >= 0.3 is 0 Å². The summed E-state index contributed by atoms with van der Waals surface area (Å²) in [7, 11) is 3.37. The third-order valence-electron chi connectivity index (χ3n) is 3.45. The van der Waals surface area contributed by atoms with Crippen LogP contribution in [0.2, 0.25) is 0 Å². The molecule has 0 saturated heterocycles. The molecule has 1 aromatic rings. The normalized spacial score (nSPS) is 20.3. The maximum Gasteiger partial charge on any atom is 0.196 e. The minimum atomic E-state index is 0.205. The van der Waals surface area contributed by atoms with Crippen LogP contribution < -0.4 is 15.4 Å². The zero-order chi connectivity index (χ0) is 13.8. The zero-order valence-corrected chi connectivity index (χ0v) is 11.7. The lowest BCUT2D eigenvalue weighted by Crippen LogP contribution is -2.45. The van der Waals surface area contributed by atoms with Crippen LogP contribution in [-0.4, -0.2) is 39.4 Å². The Bertz CT molecular complexity index is 462. The van der Waals surface area contributed by atoms with Gasteiger partial charge in [-0.15, -0.1) is 0 Å². The summed E-state index contributed by atoms with van der Waals surface area (Å²) < 4.78 is 10.7. The number of methoxy groups -OCH3 is 2. The van der Waals surface area contributed by atoms with Crippen molar-refractivity contribution in [2.75, 3.05) is 32.3 Å². The van der Waals surface area contributed by atoms with Crippen LogP contribution in [0.25, 0.3) is 0 Å². The van der Waals surface area contributed by atoms with E-state index in [2.05, 4.69) is 11.9 Å². The van der Waals surface area contributed by atoms with Crippen molar-refractivity contribution in [3.8, 4) is 5.75 Å². The lowest BCUT2D eigenvalue weighted by atomic mass is 10.0. The van der Waals surface area contributed by atoms with E-state index in [9.17, 15) is 0 Å². The lowest BCUT2D eigenvalue weighted by Gasteiger charge is -2.31. The summed E-state index contributed by atoms with van der Waals surface area (Å²) in [4.78, 5) is 6.41. The van der Waals surface area contributed by atoms with Crippen molar-refractivity contribution in [2.45, 2.75) is 13.0 Å². The molecule has 1 aliphatic rings. The Hall–Kier alpha value is -1.75. The summed E-state index contributed by atoms with van der Waals surface area (Å²) >= 11 is 0. The van der Waals surface area contributed by atoms with E-state index in [-0.39, 0.29) is 6.04 Å². The number of guanidine groups is 1. The highest BCUT2D eigenvalue weighted by atomic mass is 16.5. The minimum Gasteiger partial charge on any atom is -0.495 e. The molecule has 104 valence electrons. The van der Waals surface area contributed by atoms with Crippen LogP contribution >= 0.6 is 0 Å². The Labute approximate surface area is 114 Å². The van der Waals surface area contributed by atoms with Crippen LogP contribution in [0.3, 0.4) is 0 Å². The van der Waals surface area contributed by atoms with Gasteiger partial charge in [-0.2, -0.15) is 0 Å². The Balaban J connectivity index is 2.31. The summed E-state index contributed by atoms with van der Waals surface area (Å²) in [6.45, 7) is 3.51. The number of rotatable bonds is 5. The second-order valence-electron chi connectivity index (χ2n) is 4.74. The molecule has 2 rings (SSSR count). The number of hydrogen-bond acceptors (Lipinski definition) is 5. The summed E-state index contributed by atoms with van der Waals surface area (Å²) in [5.74, 6) is 1.68. The molecule has 19 heavy (non-hydrogen) atoms. The van der Waals surface area contributed by atoms with Gasteiger partial charge in [0.05, 0.1) is 32.0 Å². The van der Waals surface area contributed by atoms with E-state index in [0.717, 1.165) is 11.4 Å². The van der Waals surface area contributed by atoms with Crippen LogP contribution in [0.1, 0.15) is 6.92 Å². The van der Waals surface area contributed by atoms with Gasteiger partial charge in [-0.3, -0.25) is 4.99 Å². The van der Waals surface area contributed by atoms with E-state index in [1.54, 1.807) is 14.2 Å². The maximum absolute atomic E-state index is 6.04. The van der Waals surface area contributed by atoms with Gasteiger partial charge in [0.1, 0.15) is 5.75 Å². The highest BCUT2D eigenvalue weighted by molar-refractivity contribution is 5.98. The zero-order valence-electron chi connectivity index (χ0n) is 11.7. The van der Waals surface area contributed by atoms with Crippen LogP contribution in [0.4, 0.5) is 5.69 Å². The van der Waals surface area contributed by atoms with Gasteiger partial charge < -0.3 is 20.1 Å². The SMILES string of the molecule is COCC(C)C1CN=C(N)N1c1ccccc1OC. The fourth-order valence-electron chi connectivity index (χ4n) is 2.45. The summed E-state index contributed by atoms with van der Waals surface area (Å²) in [5.41, 5.74) is 6.99. The second-order valence-corrected chi connectivity index (χ2v) is 4.74. The summed E-state index contributed by atoms with van der Waals surface area (Å²) in [5, 5.41) is 0. The number of hydrogen-bond donors (Lipinski definition) is 1. The number of para-hydroxylation sites is 2. The van der Waals surface area contributed by atoms with Crippen molar-refractivity contribution < 1.29 is 9.47 Å². The molecule has 5 nitrogen and oxygen atoms in total. The van der Waals surface area contributed by atoms with Gasteiger partial charge in [0.25, 0.3) is 0 Å². The number of anilines is 1. The summed E-state index contributed by atoms with van der Waals surface area (Å²) in [6.07, 6.45) is 0. The molecule has 5 heteroatoms. The molecule has 0 fully saturated rings. The Morgan fingerprint density at radius 3 is 2.84 bits per heavy atom. The molecule has 2 N–H and O–H groups in total. The highest BCUT2D eigenvalue weighted by Crippen LogP contribution is 2.32. The molecular weight excluding hydrogens is 242 g/mol. The molecule has 0 saturated carbocycles. The van der Waals surface area contributed by atoms with Crippen molar-refractivity contribution in [3.05, 3.63) is 24.3 Å². The number of aliphatic imine (C=N–C) groups is 1. The molecule has 0 aromatic heterocycles. The molecule has 1 aliphatic heterocycles. The van der Waals surface area contributed by atoms with Gasteiger partial charge in [-0.1, -0.05) is 19.1 Å². The number of benzene rings is 1. The molecule has 2 atom stereocenters. The Morgan fingerprint density at radius 2 is 2.16 bits per heavy atom. The number of ether oxygens (including phenoxy) is 2. The fourth-order valence-corrected chi connectivity index (χ4v) is 2.45. The first-order valence-electron chi connectivity index (χ1n) is 6.40. The van der Waals surface area contributed by atoms with Crippen molar-refractivity contribution in [2.24, 2.45) is 16.6 Å². The summed E-state index contributed by atoms with van der Waals surface area (Å²) in [6, 6.07) is 8.05. The van der Waals surface area contributed by atoms with Gasteiger partial charge in [-0.25, -0.2) is 0 Å². The van der Waals surface area contributed by atoms with Crippen LogP contribution in [0.5, 0.6) is 5.75 Å². The number of nitrogens with zero attached hydrogens (tertiary/aromatic N) is 2. The Kier molecular flexibility index (Phi) is 4.27. The van der Waals surface area contributed by atoms with Gasteiger partial charge in [0.15, 0.2) is 5.96 Å². The van der Waals surface area contributed by atoms with E-state index in [1.807, 2.05) is 29.2 Å². The largest absolute Gasteiger partial charge is 0.495 e. The van der Waals surface area contributed by atoms with E-state index in [1.165, 1.54) is 0 Å². The van der Waals surface area contributed by atoms with Crippen molar-refractivity contribution in [1.29, 1.82) is 0 Å². The first-order valence-corrected chi connectivity index (χ1v) is 6.40. The quantitative estimate of drug-likeness (QED) is 0.874. The monoisotopic (exact) mass is 263 g/mol. The fraction of sp³-hybridized carbons (Fsp3) is 0.500. The molecule has 0 aliphatic carbocycles. The first-order chi connectivity index (χ1) is 9.19. The predicted molar refractivity (Wildman–Crippen MR) is 76.8 cm³/mol. The molecule has 0 spiro atoms. The molecule has 2 unspecified atom stereocenters. The van der Waals surface area contributed by atoms with E-state index >= 15 is 0 Å². The van der Waals surface area contributed by atoms with Gasteiger partial charge in [-0.05, 0) is 12.1 Å². The van der Waals surface area contributed by atoms with E-state index in [0.29, 0.717) is 25.0 Å². The predicted octanol–water partition coefficient (Wildman–Crippen LogP) is 1.48. The van der Waals surface area contributed by atoms with Crippen molar-refractivity contribution in [3.63, 3.8) is 0 Å². The topological polar surface area (TPSA) is 60.1 Å². The highest BCUT2D eigenvalue weighted by Gasteiger charge is 2.33. The van der Waals surface area contributed by atoms with Crippen molar-refractivity contribution in [1.82, 2.24) is 0 Å². The lowest BCUT2D eigenvalue weighted by molar-refractivity contribution is 0.150. The van der Waals surface area contributed by atoms with Crippen LogP contribution in [0, 0.1) is 5.92 Å². The minimum absolute atomic E-state index is 0.205. The first kappa shape index (κ1) is 13.7. The molecule has 0 radical (unpaired) electrons. The van der Waals surface area contributed by atoms with E-state index < -0.39 is 0 Å². The van der Waals surface area contributed by atoms with Gasteiger partial charge in [0.2, 0.25) is 0 Å². The van der Waals surface area contributed by atoms with Crippen molar-refractivity contribution >= 4 is 11.6 Å². The smallest absolute Gasteiger partial charge is 0.196 e.